The fourth-order valence-corrected chi connectivity index (χ4v) is 2.74. The lowest BCUT2D eigenvalue weighted by atomic mass is 10.5. The Kier molecular flexibility index (Phi) is 7.30. The van der Waals surface area contributed by atoms with E-state index in [0.29, 0.717) is 20.3 Å². The Morgan fingerprint density at radius 3 is 2.00 bits per heavy atom. The molecule has 0 atom stereocenters. The summed E-state index contributed by atoms with van der Waals surface area (Å²) in [6, 6.07) is 0. The zero-order chi connectivity index (χ0) is 15.2. The minimum atomic E-state index is -3.39. The molecular formula is C9H10Cl2N2O4S3. The van der Waals surface area contributed by atoms with Crippen LogP contribution < -0.4 is 0 Å². The van der Waals surface area contributed by atoms with Crippen molar-refractivity contribution in [1.82, 2.24) is 9.97 Å². The van der Waals surface area contributed by atoms with E-state index in [1.54, 1.807) is 10.8 Å². The van der Waals surface area contributed by atoms with Crippen molar-refractivity contribution in [3.8, 4) is 0 Å². The van der Waals surface area contributed by atoms with Crippen LogP contribution in [-0.2, 0) is 27.5 Å². The van der Waals surface area contributed by atoms with Gasteiger partial charge in [0.2, 0.25) is 0 Å². The first-order valence-corrected chi connectivity index (χ1v) is 9.28. The van der Waals surface area contributed by atoms with Gasteiger partial charge in [0.05, 0.1) is 24.3 Å². The molecule has 0 fully saturated rings. The van der Waals surface area contributed by atoms with Gasteiger partial charge >= 0.3 is 0 Å². The highest BCUT2D eigenvalue weighted by Gasteiger charge is 2.04. The quantitative estimate of drug-likeness (QED) is 0.824. The van der Waals surface area contributed by atoms with Gasteiger partial charge in [-0.05, 0) is 0 Å². The molecule has 0 aliphatic heterocycles. The van der Waals surface area contributed by atoms with Crippen molar-refractivity contribution in [1.29, 1.82) is 0 Å². The Morgan fingerprint density at radius 2 is 1.70 bits per heavy atom. The zero-order valence-electron chi connectivity index (χ0n) is 10.1. The molecule has 0 amide bonds. The molecule has 2 aromatic rings. The number of aliphatic hydroxyl groups is 1. The van der Waals surface area contributed by atoms with Crippen molar-refractivity contribution in [2.45, 2.75) is 13.2 Å². The molecule has 0 saturated carbocycles. The van der Waals surface area contributed by atoms with Crippen LogP contribution in [0.1, 0.15) is 11.4 Å². The van der Waals surface area contributed by atoms with Gasteiger partial charge < -0.3 is 5.11 Å². The van der Waals surface area contributed by atoms with E-state index in [2.05, 4.69) is 14.2 Å². The maximum absolute atomic E-state index is 10.5. The smallest absolute Gasteiger partial charge is 0.264 e. The first-order chi connectivity index (χ1) is 9.30. The van der Waals surface area contributed by atoms with Gasteiger partial charge in [0.1, 0.15) is 6.61 Å². The Balaban J connectivity index is 0.000000217. The van der Waals surface area contributed by atoms with E-state index in [4.69, 9.17) is 28.3 Å². The highest BCUT2D eigenvalue weighted by Crippen LogP contribution is 2.16. The van der Waals surface area contributed by atoms with E-state index in [0.717, 1.165) is 6.26 Å². The molecule has 20 heavy (non-hydrogen) atoms. The largest absolute Gasteiger partial charge is 0.390 e. The molecule has 1 N–H and O–H groups in total. The number of aromatic nitrogens is 2. The van der Waals surface area contributed by atoms with Gasteiger partial charge in [-0.1, -0.05) is 23.2 Å². The lowest BCUT2D eigenvalue weighted by molar-refractivity contribution is 0.277. The minimum Gasteiger partial charge on any atom is -0.390 e. The van der Waals surface area contributed by atoms with E-state index < -0.39 is 10.1 Å². The third-order valence-corrected chi connectivity index (χ3v) is 4.23. The first-order valence-electron chi connectivity index (χ1n) is 4.95. The van der Waals surface area contributed by atoms with Crippen LogP contribution in [0, 0.1) is 0 Å². The number of aliphatic hydroxyl groups excluding tert-OH is 1. The van der Waals surface area contributed by atoms with Gasteiger partial charge in [0.25, 0.3) is 10.1 Å². The summed E-state index contributed by atoms with van der Waals surface area (Å²) < 4.78 is 26.4. The van der Waals surface area contributed by atoms with Crippen LogP contribution in [0.15, 0.2) is 10.8 Å². The summed E-state index contributed by atoms with van der Waals surface area (Å²) in [6.45, 7) is -0.0781. The van der Waals surface area contributed by atoms with Crippen molar-refractivity contribution in [3.63, 3.8) is 0 Å². The van der Waals surface area contributed by atoms with Crippen LogP contribution >= 0.6 is 45.9 Å². The molecular weight excluding hydrogens is 367 g/mol. The molecule has 0 aliphatic rings. The molecule has 0 unspecified atom stereocenters. The molecule has 2 heterocycles. The molecule has 0 saturated heterocycles. The van der Waals surface area contributed by atoms with Gasteiger partial charge in [-0.3, -0.25) is 4.18 Å². The average molecular weight is 377 g/mol. The van der Waals surface area contributed by atoms with E-state index in [-0.39, 0.29) is 13.2 Å². The van der Waals surface area contributed by atoms with Gasteiger partial charge in [0.15, 0.2) is 8.93 Å². The number of thiazole rings is 2. The van der Waals surface area contributed by atoms with Crippen molar-refractivity contribution >= 4 is 56.0 Å². The number of nitrogens with zero attached hydrogens (tertiary/aromatic N) is 2. The Morgan fingerprint density at radius 1 is 1.20 bits per heavy atom. The van der Waals surface area contributed by atoms with Gasteiger partial charge in [-0.25, -0.2) is 9.97 Å². The van der Waals surface area contributed by atoms with Crippen molar-refractivity contribution in [3.05, 3.63) is 31.1 Å². The number of halogens is 2. The molecule has 0 spiro atoms. The van der Waals surface area contributed by atoms with Crippen LogP contribution in [0.3, 0.4) is 0 Å². The zero-order valence-corrected chi connectivity index (χ0v) is 14.1. The molecule has 0 aliphatic carbocycles. The number of hydrogen-bond donors (Lipinski definition) is 1. The molecule has 112 valence electrons. The summed E-state index contributed by atoms with van der Waals surface area (Å²) in [6.07, 6.45) is 0.987. The molecule has 2 aromatic heterocycles. The van der Waals surface area contributed by atoms with E-state index >= 15 is 0 Å². The second kappa shape index (κ2) is 8.23. The molecule has 0 radical (unpaired) electrons. The summed E-state index contributed by atoms with van der Waals surface area (Å²) in [5.41, 5.74) is 1.16. The van der Waals surface area contributed by atoms with E-state index in [1.807, 2.05) is 0 Å². The number of rotatable bonds is 4. The summed E-state index contributed by atoms with van der Waals surface area (Å²) in [5.74, 6) is 0. The van der Waals surface area contributed by atoms with Crippen molar-refractivity contribution in [2.75, 3.05) is 6.26 Å². The Labute approximate surface area is 134 Å². The number of hydrogen-bond acceptors (Lipinski definition) is 8. The summed E-state index contributed by atoms with van der Waals surface area (Å²) in [4.78, 5) is 7.57. The molecule has 2 rings (SSSR count). The summed E-state index contributed by atoms with van der Waals surface area (Å²) >= 11 is 13.5. The molecule has 0 bridgehead atoms. The second-order valence-electron chi connectivity index (χ2n) is 3.31. The average Bonchev–Trinajstić information content (AvgIpc) is 2.95. The third-order valence-electron chi connectivity index (χ3n) is 1.63. The van der Waals surface area contributed by atoms with Crippen molar-refractivity contribution in [2.24, 2.45) is 0 Å². The fourth-order valence-electron chi connectivity index (χ4n) is 0.871. The molecule has 0 aromatic carbocycles. The molecule has 6 nitrogen and oxygen atoms in total. The lowest BCUT2D eigenvalue weighted by Gasteiger charge is -1.95. The van der Waals surface area contributed by atoms with Crippen LogP contribution in [0.4, 0.5) is 0 Å². The monoisotopic (exact) mass is 376 g/mol. The predicted molar refractivity (Wildman–Crippen MR) is 79.8 cm³/mol. The SMILES string of the molecule is CS(=O)(=O)OCc1csc(Cl)n1.OCc1csc(Cl)n1. The van der Waals surface area contributed by atoms with Gasteiger partial charge in [-0.15, -0.1) is 22.7 Å². The fraction of sp³-hybridized carbons (Fsp3) is 0.333. The lowest BCUT2D eigenvalue weighted by Crippen LogP contribution is -2.02. The van der Waals surface area contributed by atoms with Crippen LogP contribution in [0.5, 0.6) is 0 Å². The second-order valence-corrected chi connectivity index (χ2v) is 7.83. The highest BCUT2D eigenvalue weighted by atomic mass is 35.5. The Bertz CT molecular complexity index is 641. The van der Waals surface area contributed by atoms with E-state index in [9.17, 15) is 8.42 Å². The summed E-state index contributed by atoms with van der Waals surface area (Å²) in [7, 11) is -3.39. The van der Waals surface area contributed by atoms with Crippen LogP contribution in [-0.4, -0.2) is 29.7 Å². The standard InChI is InChI=1S/C5H6ClNO3S2.C4H4ClNOS/c1-12(8,9)10-2-4-3-11-5(6)7-4;5-4-6-3(1-7)2-8-4/h3H,2H2,1H3;2,7H,1H2. The van der Waals surface area contributed by atoms with Crippen LogP contribution in [0.25, 0.3) is 0 Å². The normalized spacial score (nSPS) is 11.0. The maximum Gasteiger partial charge on any atom is 0.264 e. The highest BCUT2D eigenvalue weighted by molar-refractivity contribution is 7.85. The third kappa shape index (κ3) is 7.48. The Hall–Kier alpha value is -0.290. The van der Waals surface area contributed by atoms with Gasteiger partial charge in [0, 0.05) is 10.8 Å². The predicted octanol–water partition coefficient (Wildman–Crippen LogP) is 2.56. The van der Waals surface area contributed by atoms with E-state index in [1.165, 1.54) is 22.7 Å². The molecule has 11 heteroatoms. The minimum absolute atomic E-state index is 0.0246. The van der Waals surface area contributed by atoms with Gasteiger partial charge in [-0.2, -0.15) is 8.42 Å². The topological polar surface area (TPSA) is 89.4 Å². The first kappa shape index (κ1) is 17.8. The maximum atomic E-state index is 10.5. The van der Waals surface area contributed by atoms with Crippen LogP contribution in [0.2, 0.25) is 8.93 Å². The van der Waals surface area contributed by atoms with Crippen molar-refractivity contribution < 1.29 is 17.7 Å². The summed E-state index contributed by atoms with van der Waals surface area (Å²) in [5, 5.41) is 11.8.